The molecule has 0 aromatic heterocycles. The van der Waals surface area contributed by atoms with E-state index in [0.29, 0.717) is 19.5 Å². The Morgan fingerprint density at radius 3 is 2.80 bits per heavy atom. The minimum Gasteiger partial charge on any atom is -0.478 e. The molecule has 1 saturated heterocycles. The van der Waals surface area contributed by atoms with Crippen molar-refractivity contribution in [3.05, 3.63) is 35.4 Å². The van der Waals surface area contributed by atoms with E-state index < -0.39 is 18.1 Å². The Morgan fingerprint density at radius 1 is 1.40 bits per heavy atom. The number of benzene rings is 1. The molecule has 0 bridgehead atoms. The van der Waals surface area contributed by atoms with Gasteiger partial charge in [-0.15, -0.1) is 0 Å². The van der Waals surface area contributed by atoms with Crippen LogP contribution in [0.5, 0.6) is 0 Å². The number of carboxylic acid groups (broad SMARTS) is 1. The molecule has 1 fully saturated rings. The van der Waals surface area contributed by atoms with Gasteiger partial charge in [-0.2, -0.15) is 13.2 Å². The molecule has 110 valence electrons. The van der Waals surface area contributed by atoms with Gasteiger partial charge in [-0.1, -0.05) is 12.1 Å². The van der Waals surface area contributed by atoms with Crippen LogP contribution in [0.4, 0.5) is 13.2 Å². The number of nitrogens with zero attached hydrogens (tertiary/aromatic N) is 1. The highest BCUT2D eigenvalue weighted by molar-refractivity contribution is 5.87. The number of piperidine rings is 1. The minimum atomic E-state index is -4.15. The highest BCUT2D eigenvalue weighted by atomic mass is 19.4. The predicted octanol–water partition coefficient (Wildman–Crippen LogP) is 3.16. The Labute approximate surface area is 115 Å². The Balaban J connectivity index is 2.03. The van der Waals surface area contributed by atoms with Crippen LogP contribution in [-0.2, 0) is 6.54 Å². The maximum Gasteiger partial charge on any atom is 0.393 e. The van der Waals surface area contributed by atoms with Crippen LogP contribution in [0.1, 0.15) is 28.8 Å². The van der Waals surface area contributed by atoms with E-state index >= 15 is 0 Å². The van der Waals surface area contributed by atoms with Crippen LogP contribution in [0.2, 0.25) is 0 Å². The van der Waals surface area contributed by atoms with Crippen molar-refractivity contribution in [2.75, 3.05) is 13.1 Å². The van der Waals surface area contributed by atoms with Crippen molar-refractivity contribution in [2.24, 2.45) is 5.92 Å². The second-order valence-corrected chi connectivity index (χ2v) is 5.12. The molecule has 0 aliphatic carbocycles. The maximum absolute atomic E-state index is 12.7. The molecule has 0 spiro atoms. The smallest absolute Gasteiger partial charge is 0.393 e. The second-order valence-electron chi connectivity index (χ2n) is 5.12. The van der Waals surface area contributed by atoms with Gasteiger partial charge in [-0.25, -0.2) is 4.79 Å². The fourth-order valence-electron chi connectivity index (χ4n) is 2.53. The molecule has 0 radical (unpaired) electrons. The Morgan fingerprint density at radius 2 is 2.15 bits per heavy atom. The van der Waals surface area contributed by atoms with Crippen molar-refractivity contribution in [1.29, 1.82) is 0 Å². The number of carboxylic acids is 1. The molecule has 20 heavy (non-hydrogen) atoms. The quantitative estimate of drug-likeness (QED) is 0.928. The van der Waals surface area contributed by atoms with E-state index in [-0.39, 0.29) is 18.5 Å². The fraction of sp³-hybridized carbons (Fsp3) is 0.500. The third kappa shape index (κ3) is 3.72. The molecule has 1 aromatic rings. The molecule has 3 nitrogen and oxygen atoms in total. The van der Waals surface area contributed by atoms with Gasteiger partial charge in [0, 0.05) is 13.1 Å². The number of halogens is 3. The highest BCUT2D eigenvalue weighted by Crippen LogP contribution is 2.33. The van der Waals surface area contributed by atoms with Crippen LogP contribution < -0.4 is 0 Å². The zero-order chi connectivity index (χ0) is 14.8. The molecule has 0 amide bonds. The highest BCUT2D eigenvalue weighted by Gasteiger charge is 2.41. The first-order valence-corrected chi connectivity index (χ1v) is 6.47. The zero-order valence-corrected chi connectivity index (χ0v) is 10.9. The number of aromatic carboxylic acids is 1. The van der Waals surface area contributed by atoms with Crippen molar-refractivity contribution >= 4 is 5.97 Å². The summed E-state index contributed by atoms with van der Waals surface area (Å²) >= 11 is 0. The molecule has 1 N–H and O–H groups in total. The van der Waals surface area contributed by atoms with Crippen molar-refractivity contribution < 1.29 is 23.1 Å². The van der Waals surface area contributed by atoms with E-state index in [1.54, 1.807) is 17.0 Å². The minimum absolute atomic E-state index is 0.0131. The standard InChI is InChI=1S/C14H16F3NO2/c15-14(16,17)12-5-2-6-18(9-12)8-10-3-1-4-11(7-10)13(19)20/h1,3-4,7,12H,2,5-6,8-9H2,(H,19,20). The molecule has 0 saturated carbocycles. The lowest BCUT2D eigenvalue weighted by Crippen LogP contribution is -2.41. The van der Waals surface area contributed by atoms with Crippen LogP contribution in [-0.4, -0.2) is 35.2 Å². The Hall–Kier alpha value is -1.56. The number of hydrogen-bond donors (Lipinski definition) is 1. The summed E-state index contributed by atoms with van der Waals surface area (Å²) in [5, 5.41) is 8.90. The van der Waals surface area contributed by atoms with Crippen LogP contribution in [0, 0.1) is 5.92 Å². The van der Waals surface area contributed by atoms with Gasteiger partial charge in [0.1, 0.15) is 0 Å². The number of rotatable bonds is 3. The molecule has 6 heteroatoms. The second kappa shape index (κ2) is 5.83. The summed E-state index contributed by atoms with van der Waals surface area (Å²) in [6.07, 6.45) is -3.46. The average molecular weight is 287 g/mol. The first kappa shape index (κ1) is 14.8. The molecule has 1 unspecified atom stereocenters. The van der Waals surface area contributed by atoms with Crippen molar-refractivity contribution in [3.8, 4) is 0 Å². The van der Waals surface area contributed by atoms with Gasteiger partial charge < -0.3 is 5.11 Å². The van der Waals surface area contributed by atoms with Gasteiger partial charge in [-0.05, 0) is 37.1 Å². The third-order valence-corrected chi connectivity index (χ3v) is 3.55. The summed E-state index contributed by atoms with van der Waals surface area (Å²) in [6.45, 7) is 0.957. The first-order valence-electron chi connectivity index (χ1n) is 6.47. The number of hydrogen-bond acceptors (Lipinski definition) is 2. The van der Waals surface area contributed by atoms with E-state index in [9.17, 15) is 18.0 Å². The Kier molecular flexibility index (Phi) is 4.32. The molecule has 2 rings (SSSR count). The van der Waals surface area contributed by atoms with Gasteiger partial charge in [0.15, 0.2) is 0 Å². The lowest BCUT2D eigenvalue weighted by atomic mass is 9.97. The van der Waals surface area contributed by atoms with E-state index in [0.717, 1.165) is 5.56 Å². The van der Waals surface area contributed by atoms with Crippen molar-refractivity contribution in [2.45, 2.75) is 25.6 Å². The number of carbonyl (C=O) groups is 1. The summed E-state index contributed by atoms with van der Waals surface area (Å²) < 4.78 is 38.2. The third-order valence-electron chi connectivity index (χ3n) is 3.55. The summed E-state index contributed by atoms with van der Waals surface area (Å²) in [4.78, 5) is 12.6. The van der Waals surface area contributed by atoms with Crippen LogP contribution >= 0.6 is 0 Å². The lowest BCUT2D eigenvalue weighted by molar-refractivity contribution is -0.187. The van der Waals surface area contributed by atoms with Crippen LogP contribution in [0.25, 0.3) is 0 Å². The summed E-state index contributed by atoms with van der Waals surface area (Å²) in [5.41, 5.74) is 0.889. The van der Waals surface area contributed by atoms with Gasteiger partial charge in [0.25, 0.3) is 0 Å². The molecule has 1 aliphatic heterocycles. The molecule has 1 aromatic carbocycles. The monoisotopic (exact) mass is 287 g/mol. The molecular formula is C14H16F3NO2. The SMILES string of the molecule is O=C(O)c1cccc(CN2CCCC(C(F)(F)F)C2)c1. The van der Waals surface area contributed by atoms with Crippen LogP contribution in [0.15, 0.2) is 24.3 Å². The number of likely N-dealkylation sites (tertiary alicyclic amines) is 1. The topological polar surface area (TPSA) is 40.5 Å². The average Bonchev–Trinajstić information content (AvgIpc) is 2.38. The fourth-order valence-corrected chi connectivity index (χ4v) is 2.53. The predicted molar refractivity (Wildman–Crippen MR) is 67.5 cm³/mol. The normalized spacial score (nSPS) is 20.9. The van der Waals surface area contributed by atoms with Gasteiger partial charge in [-0.3, -0.25) is 4.90 Å². The van der Waals surface area contributed by atoms with E-state index in [1.165, 1.54) is 12.1 Å². The van der Waals surface area contributed by atoms with Crippen molar-refractivity contribution in [1.82, 2.24) is 4.90 Å². The molecule has 1 atom stereocenters. The van der Waals surface area contributed by atoms with Gasteiger partial charge in [0.2, 0.25) is 0 Å². The van der Waals surface area contributed by atoms with E-state index in [2.05, 4.69) is 0 Å². The molecule has 1 heterocycles. The van der Waals surface area contributed by atoms with Crippen LogP contribution in [0.3, 0.4) is 0 Å². The lowest BCUT2D eigenvalue weighted by Gasteiger charge is -2.33. The molecular weight excluding hydrogens is 271 g/mol. The van der Waals surface area contributed by atoms with Gasteiger partial charge in [0.05, 0.1) is 11.5 Å². The van der Waals surface area contributed by atoms with Gasteiger partial charge >= 0.3 is 12.1 Å². The van der Waals surface area contributed by atoms with Crippen molar-refractivity contribution in [3.63, 3.8) is 0 Å². The number of alkyl halides is 3. The van der Waals surface area contributed by atoms with E-state index in [4.69, 9.17) is 5.11 Å². The maximum atomic E-state index is 12.7. The van der Waals surface area contributed by atoms with E-state index in [1.807, 2.05) is 0 Å². The zero-order valence-electron chi connectivity index (χ0n) is 10.9. The largest absolute Gasteiger partial charge is 0.478 e. The summed E-state index contributed by atoms with van der Waals surface area (Å²) in [7, 11) is 0. The first-order chi connectivity index (χ1) is 9.36. The molecule has 1 aliphatic rings. The summed E-state index contributed by atoms with van der Waals surface area (Å²) in [6, 6.07) is 6.34. The Bertz CT molecular complexity index is 488. The summed E-state index contributed by atoms with van der Waals surface area (Å²) in [5.74, 6) is -2.31.